The van der Waals surface area contributed by atoms with E-state index in [-0.39, 0.29) is 42.0 Å². The fourth-order valence-corrected chi connectivity index (χ4v) is 3.20. The maximum atomic E-state index is 13.2. The van der Waals surface area contributed by atoms with Crippen molar-refractivity contribution in [1.29, 1.82) is 0 Å². The predicted octanol–water partition coefficient (Wildman–Crippen LogP) is 3.07. The molecule has 2 heterocycles. The topological polar surface area (TPSA) is 54.7 Å². The summed E-state index contributed by atoms with van der Waals surface area (Å²) in [7, 11) is 1.80. The molecule has 1 N–H and O–H groups in total. The minimum atomic E-state index is -0.232. The Morgan fingerprint density at radius 1 is 1.33 bits per heavy atom. The molecular formula is C19H27FIN5O. The van der Waals surface area contributed by atoms with Crippen molar-refractivity contribution < 1.29 is 9.13 Å². The van der Waals surface area contributed by atoms with Crippen LogP contribution in [-0.4, -0.2) is 53.2 Å². The maximum absolute atomic E-state index is 13.2. The molecular weight excluding hydrogens is 460 g/mol. The molecule has 0 amide bonds. The molecule has 0 radical (unpaired) electrons. The van der Waals surface area contributed by atoms with Crippen LogP contribution in [0.25, 0.3) is 0 Å². The number of nitrogens with one attached hydrogen (secondary N) is 1. The number of aryl methyl sites for hydroxylation is 1. The lowest BCUT2D eigenvalue weighted by molar-refractivity contribution is -0.0605. The second kappa shape index (κ2) is 10.6. The van der Waals surface area contributed by atoms with Crippen molar-refractivity contribution in [3.8, 4) is 0 Å². The molecule has 0 spiro atoms. The molecule has 148 valence electrons. The fraction of sp³-hybridized carbons (Fsp3) is 0.474. The Bertz CT molecular complexity index is 707. The number of morpholine rings is 1. The molecule has 0 aliphatic carbocycles. The number of hydrogen-bond donors (Lipinski definition) is 1. The van der Waals surface area contributed by atoms with Crippen LogP contribution in [-0.2, 0) is 11.3 Å². The van der Waals surface area contributed by atoms with Gasteiger partial charge in [0.2, 0.25) is 0 Å². The van der Waals surface area contributed by atoms with Gasteiger partial charge in [0, 0.05) is 39.1 Å². The standard InChI is InChI=1S/C19H26FN5O.HI/c1-15-12-25(13-18(26-15)16-4-6-17(20)7-5-16)19(21-2)23-8-3-10-24-11-9-22-14-24;/h4-7,9,11,14-15,18H,3,8,10,12-13H2,1-2H3,(H,21,23);1H. The monoisotopic (exact) mass is 487 g/mol. The molecule has 2 atom stereocenters. The highest BCUT2D eigenvalue weighted by Gasteiger charge is 2.28. The van der Waals surface area contributed by atoms with Crippen LogP contribution in [0.5, 0.6) is 0 Å². The predicted molar refractivity (Wildman–Crippen MR) is 115 cm³/mol. The normalized spacial score (nSPS) is 20.3. The summed E-state index contributed by atoms with van der Waals surface area (Å²) in [4.78, 5) is 10.7. The van der Waals surface area contributed by atoms with Gasteiger partial charge in [-0.05, 0) is 31.0 Å². The first-order valence-electron chi connectivity index (χ1n) is 8.98. The zero-order chi connectivity index (χ0) is 18.4. The van der Waals surface area contributed by atoms with Crippen LogP contribution in [0.15, 0.2) is 48.0 Å². The third-order valence-corrected chi connectivity index (χ3v) is 4.45. The zero-order valence-electron chi connectivity index (χ0n) is 15.7. The Morgan fingerprint density at radius 2 is 2.11 bits per heavy atom. The molecule has 1 aliphatic rings. The van der Waals surface area contributed by atoms with E-state index in [0.29, 0.717) is 6.54 Å². The lowest BCUT2D eigenvalue weighted by Crippen LogP contribution is -2.50. The van der Waals surface area contributed by atoms with Gasteiger partial charge in [-0.3, -0.25) is 4.99 Å². The van der Waals surface area contributed by atoms with E-state index >= 15 is 0 Å². The Kier molecular flexibility index (Phi) is 8.49. The molecule has 1 aliphatic heterocycles. The maximum Gasteiger partial charge on any atom is 0.193 e. The molecule has 0 bridgehead atoms. The lowest BCUT2D eigenvalue weighted by Gasteiger charge is -2.38. The summed E-state index contributed by atoms with van der Waals surface area (Å²) in [6, 6.07) is 6.53. The van der Waals surface area contributed by atoms with Gasteiger partial charge in [0.1, 0.15) is 11.9 Å². The first kappa shape index (κ1) is 21.6. The summed E-state index contributed by atoms with van der Waals surface area (Å²) in [5.74, 6) is 0.641. The number of aliphatic imine (C=N–C) groups is 1. The van der Waals surface area contributed by atoms with Crippen LogP contribution in [0.2, 0.25) is 0 Å². The number of rotatable bonds is 5. The quantitative estimate of drug-likeness (QED) is 0.305. The first-order chi connectivity index (χ1) is 12.7. The number of halogens is 2. The van der Waals surface area contributed by atoms with E-state index in [2.05, 4.69) is 31.7 Å². The molecule has 1 saturated heterocycles. The number of hydrogen-bond acceptors (Lipinski definition) is 3. The molecule has 1 aromatic heterocycles. The van der Waals surface area contributed by atoms with Crippen molar-refractivity contribution >= 4 is 29.9 Å². The van der Waals surface area contributed by atoms with Crippen molar-refractivity contribution in [2.24, 2.45) is 4.99 Å². The van der Waals surface area contributed by atoms with Gasteiger partial charge in [0.05, 0.1) is 19.0 Å². The van der Waals surface area contributed by atoms with Gasteiger partial charge in [-0.2, -0.15) is 0 Å². The summed E-state index contributed by atoms with van der Waals surface area (Å²) in [6.07, 6.45) is 6.54. The molecule has 2 aromatic rings. The van der Waals surface area contributed by atoms with Crippen molar-refractivity contribution in [2.75, 3.05) is 26.7 Å². The van der Waals surface area contributed by atoms with E-state index < -0.39 is 0 Å². The number of benzene rings is 1. The van der Waals surface area contributed by atoms with Crippen LogP contribution in [0, 0.1) is 5.82 Å². The van der Waals surface area contributed by atoms with Gasteiger partial charge >= 0.3 is 0 Å². The van der Waals surface area contributed by atoms with Gasteiger partial charge in [-0.1, -0.05) is 12.1 Å². The average Bonchev–Trinajstić information content (AvgIpc) is 3.15. The fourth-order valence-electron chi connectivity index (χ4n) is 3.20. The van der Waals surface area contributed by atoms with Crippen molar-refractivity contribution in [3.63, 3.8) is 0 Å². The molecule has 3 rings (SSSR count). The van der Waals surface area contributed by atoms with E-state index in [4.69, 9.17) is 4.74 Å². The molecule has 1 aromatic carbocycles. The largest absolute Gasteiger partial charge is 0.367 e. The minimum Gasteiger partial charge on any atom is -0.367 e. The Hall–Kier alpha value is -1.68. The summed E-state index contributed by atoms with van der Waals surface area (Å²) in [5.41, 5.74) is 0.985. The van der Waals surface area contributed by atoms with E-state index in [9.17, 15) is 4.39 Å². The lowest BCUT2D eigenvalue weighted by atomic mass is 10.1. The number of imidazole rings is 1. The van der Waals surface area contributed by atoms with E-state index in [1.165, 1.54) is 12.1 Å². The van der Waals surface area contributed by atoms with Crippen molar-refractivity contribution in [3.05, 3.63) is 54.4 Å². The number of nitrogens with zero attached hydrogens (tertiary/aromatic N) is 4. The molecule has 1 fully saturated rings. The first-order valence-corrected chi connectivity index (χ1v) is 8.98. The Balaban J connectivity index is 0.00000261. The molecule has 27 heavy (non-hydrogen) atoms. The number of aromatic nitrogens is 2. The zero-order valence-corrected chi connectivity index (χ0v) is 18.0. The van der Waals surface area contributed by atoms with Gasteiger partial charge in [0.15, 0.2) is 5.96 Å². The third-order valence-electron chi connectivity index (χ3n) is 4.45. The van der Waals surface area contributed by atoms with Crippen molar-refractivity contribution in [2.45, 2.75) is 32.1 Å². The molecule has 6 nitrogen and oxygen atoms in total. The summed E-state index contributed by atoms with van der Waals surface area (Å²) in [6.45, 7) is 5.27. The highest BCUT2D eigenvalue weighted by atomic mass is 127. The minimum absolute atomic E-state index is 0. The molecule has 0 saturated carbocycles. The van der Waals surface area contributed by atoms with E-state index in [0.717, 1.165) is 37.6 Å². The van der Waals surface area contributed by atoms with E-state index in [1.54, 1.807) is 25.4 Å². The van der Waals surface area contributed by atoms with Crippen molar-refractivity contribution in [1.82, 2.24) is 19.8 Å². The van der Waals surface area contributed by atoms with Gasteiger partial charge in [-0.15, -0.1) is 24.0 Å². The molecule has 8 heteroatoms. The van der Waals surface area contributed by atoms with Gasteiger partial charge in [0.25, 0.3) is 0 Å². The smallest absolute Gasteiger partial charge is 0.193 e. The number of guanidine groups is 1. The average molecular weight is 487 g/mol. The van der Waals surface area contributed by atoms with Crippen LogP contribution in [0.4, 0.5) is 4.39 Å². The summed E-state index contributed by atoms with van der Waals surface area (Å²) >= 11 is 0. The second-order valence-electron chi connectivity index (χ2n) is 6.52. The Morgan fingerprint density at radius 3 is 2.78 bits per heavy atom. The SMILES string of the molecule is CN=C(NCCCn1ccnc1)N1CC(C)OC(c2ccc(F)cc2)C1.I. The van der Waals surface area contributed by atoms with Gasteiger partial charge < -0.3 is 19.5 Å². The second-order valence-corrected chi connectivity index (χ2v) is 6.52. The Labute approximate surface area is 176 Å². The van der Waals surface area contributed by atoms with Gasteiger partial charge in [-0.25, -0.2) is 9.37 Å². The number of ether oxygens (including phenoxy) is 1. The van der Waals surface area contributed by atoms with Crippen LogP contribution >= 0.6 is 24.0 Å². The summed E-state index contributed by atoms with van der Waals surface area (Å²) < 4.78 is 21.3. The van der Waals surface area contributed by atoms with E-state index in [1.807, 2.05) is 12.5 Å². The summed E-state index contributed by atoms with van der Waals surface area (Å²) in [5, 5.41) is 3.43. The van der Waals surface area contributed by atoms with Crippen LogP contribution < -0.4 is 5.32 Å². The van der Waals surface area contributed by atoms with Crippen LogP contribution in [0.3, 0.4) is 0 Å². The highest BCUT2D eigenvalue weighted by molar-refractivity contribution is 14.0. The highest BCUT2D eigenvalue weighted by Crippen LogP contribution is 2.25. The molecule has 2 unspecified atom stereocenters. The van der Waals surface area contributed by atoms with Crippen LogP contribution in [0.1, 0.15) is 25.0 Å². The third kappa shape index (κ3) is 6.17.